The first kappa shape index (κ1) is 24.1. The van der Waals surface area contributed by atoms with Gasteiger partial charge in [-0.05, 0) is 43.1 Å². The van der Waals surface area contributed by atoms with Crippen LogP contribution in [0.15, 0.2) is 22.8 Å². The number of nitrogens with one attached hydrogen (secondary N) is 1. The van der Waals surface area contributed by atoms with Gasteiger partial charge in [-0.3, -0.25) is 0 Å². The lowest BCUT2D eigenvalue weighted by atomic mass is 9.91. The Bertz CT molecular complexity index is 377. The van der Waals surface area contributed by atoms with E-state index >= 15 is 0 Å². The minimum atomic E-state index is 0. The standard InChI is InChI=1S/C15H27N3OS.2BrH/c1-2-3-5-12(10-14-6-4-9-19-14)7-8-13(11-16)18-15(17)20;;/h4,6,9,12-13H,2-3,5,7-8,10-11,16H2,1H3,(H3,17,18,20);2*1H/t12-,13?;;/m0../s1. The second-order valence-corrected chi connectivity index (χ2v) is 5.75. The third-order valence-corrected chi connectivity index (χ3v) is 3.71. The van der Waals surface area contributed by atoms with Crippen molar-refractivity contribution in [3.8, 4) is 0 Å². The molecule has 1 heterocycles. The van der Waals surface area contributed by atoms with E-state index in [0.29, 0.717) is 17.6 Å². The van der Waals surface area contributed by atoms with Gasteiger partial charge in [-0.1, -0.05) is 26.2 Å². The highest BCUT2D eigenvalue weighted by atomic mass is 79.9. The maximum absolute atomic E-state index is 5.75. The summed E-state index contributed by atoms with van der Waals surface area (Å²) in [5.41, 5.74) is 11.3. The molecule has 0 spiro atoms. The molecule has 0 saturated carbocycles. The Hall–Kier alpha value is -0.110. The smallest absolute Gasteiger partial charge is 0.163 e. The van der Waals surface area contributed by atoms with Crippen LogP contribution >= 0.6 is 46.2 Å². The molecule has 0 amide bonds. The molecule has 1 aromatic heterocycles. The number of unbranched alkanes of at least 4 members (excludes halogenated alkanes) is 1. The molecular formula is C15H29Br2N3OS. The highest BCUT2D eigenvalue weighted by Gasteiger charge is 2.14. The van der Waals surface area contributed by atoms with Crippen molar-refractivity contribution in [3.63, 3.8) is 0 Å². The van der Waals surface area contributed by atoms with Crippen molar-refractivity contribution in [2.45, 2.75) is 51.5 Å². The fourth-order valence-corrected chi connectivity index (χ4v) is 2.61. The molecule has 22 heavy (non-hydrogen) atoms. The van der Waals surface area contributed by atoms with Gasteiger partial charge in [0, 0.05) is 19.0 Å². The molecule has 0 saturated heterocycles. The predicted octanol–water partition coefficient (Wildman–Crippen LogP) is 3.73. The first-order valence-electron chi connectivity index (χ1n) is 7.44. The van der Waals surface area contributed by atoms with E-state index in [1.807, 2.05) is 12.1 Å². The van der Waals surface area contributed by atoms with Gasteiger partial charge in [0.25, 0.3) is 0 Å². The molecule has 0 bridgehead atoms. The summed E-state index contributed by atoms with van der Waals surface area (Å²) in [4.78, 5) is 0. The second kappa shape index (κ2) is 14.5. The van der Waals surface area contributed by atoms with Gasteiger partial charge in [0.05, 0.1) is 6.26 Å². The molecule has 1 rings (SSSR count). The van der Waals surface area contributed by atoms with Crippen LogP contribution in [0.3, 0.4) is 0 Å². The summed E-state index contributed by atoms with van der Waals surface area (Å²) in [6.45, 7) is 2.78. The summed E-state index contributed by atoms with van der Waals surface area (Å²) >= 11 is 4.88. The van der Waals surface area contributed by atoms with Gasteiger partial charge >= 0.3 is 0 Å². The molecule has 0 aromatic carbocycles. The topological polar surface area (TPSA) is 77.2 Å². The van der Waals surface area contributed by atoms with Crippen molar-refractivity contribution in [2.24, 2.45) is 17.4 Å². The number of halogens is 2. The van der Waals surface area contributed by atoms with E-state index < -0.39 is 0 Å². The van der Waals surface area contributed by atoms with Gasteiger partial charge in [-0.2, -0.15) is 0 Å². The van der Waals surface area contributed by atoms with Gasteiger partial charge < -0.3 is 21.2 Å². The summed E-state index contributed by atoms with van der Waals surface area (Å²) in [5, 5.41) is 3.39. The SMILES string of the molecule is Br.Br.CCCC[C@@H](CCC(CN)NC(N)=S)Cc1ccco1. The molecule has 0 fully saturated rings. The average Bonchev–Trinajstić information content (AvgIpc) is 2.92. The molecule has 0 aliphatic carbocycles. The van der Waals surface area contributed by atoms with E-state index in [-0.39, 0.29) is 40.0 Å². The molecule has 2 atom stereocenters. The summed E-state index contributed by atoms with van der Waals surface area (Å²) in [5.74, 6) is 1.70. The largest absolute Gasteiger partial charge is 0.469 e. The normalized spacial score (nSPS) is 12.6. The summed E-state index contributed by atoms with van der Waals surface area (Å²) in [6.07, 6.45) is 8.53. The van der Waals surface area contributed by atoms with Crippen molar-refractivity contribution in [1.82, 2.24) is 5.32 Å². The fourth-order valence-electron chi connectivity index (χ4n) is 2.44. The lowest BCUT2D eigenvalue weighted by molar-refractivity contribution is 0.363. The van der Waals surface area contributed by atoms with Gasteiger partial charge in [-0.15, -0.1) is 34.0 Å². The first-order valence-corrected chi connectivity index (χ1v) is 7.85. The van der Waals surface area contributed by atoms with Crippen molar-refractivity contribution in [1.29, 1.82) is 0 Å². The quantitative estimate of drug-likeness (QED) is 0.465. The summed E-state index contributed by atoms with van der Waals surface area (Å²) < 4.78 is 5.46. The van der Waals surface area contributed by atoms with Crippen LogP contribution in [0, 0.1) is 5.92 Å². The monoisotopic (exact) mass is 457 g/mol. The zero-order valence-corrected chi connectivity index (χ0v) is 17.4. The Kier molecular flexibility index (Phi) is 15.9. The highest BCUT2D eigenvalue weighted by Crippen LogP contribution is 2.21. The second-order valence-electron chi connectivity index (χ2n) is 5.31. The van der Waals surface area contributed by atoms with E-state index in [0.717, 1.165) is 25.0 Å². The fraction of sp³-hybridized carbons (Fsp3) is 0.667. The third-order valence-electron chi connectivity index (χ3n) is 3.59. The maximum Gasteiger partial charge on any atom is 0.163 e. The zero-order valence-electron chi connectivity index (χ0n) is 13.1. The van der Waals surface area contributed by atoms with Crippen molar-refractivity contribution in [2.75, 3.05) is 6.54 Å². The third kappa shape index (κ3) is 10.6. The van der Waals surface area contributed by atoms with E-state index in [1.54, 1.807) is 6.26 Å². The Labute approximate surface area is 160 Å². The lowest BCUT2D eigenvalue weighted by Gasteiger charge is -2.21. The molecule has 0 aliphatic rings. The van der Waals surface area contributed by atoms with Crippen LogP contribution in [0.4, 0.5) is 0 Å². The predicted molar refractivity (Wildman–Crippen MR) is 108 cm³/mol. The van der Waals surface area contributed by atoms with Gasteiger partial charge in [0.2, 0.25) is 0 Å². The Morgan fingerprint density at radius 3 is 2.55 bits per heavy atom. The van der Waals surface area contributed by atoms with E-state index in [1.165, 1.54) is 19.3 Å². The van der Waals surface area contributed by atoms with Crippen LogP contribution in [0.25, 0.3) is 0 Å². The summed E-state index contributed by atoms with van der Waals surface area (Å²) in [6, 6.07) is 4.17. The Balaban J connectivity index is 0. The molecule has 5 N–H and O–H groups in total. The van der Waals surface area contributed by atoms with E-state index in [4.69, 9.17) is 28.1 Å². The van der Waals surface area contributed by atoms with Crippen molar-refractivity contribution < 1.29 is 4.42 Å². The number of rotatable bonds is 10. The molecule has 0 radical (unpaired) electrons. The van der Waals surface area contributed by atoms with Crippen LogP contribution in [0.2, 0.25) is 0 Å². The van der Waals surface area contributed by atoms with Crippen LogP contribution in [-0.4, -0.2) is 17.7 Å². The molecule has 4 nitrogen and oxygen atoms in total. The van der Waals surface area contributed by atoms with Crippen LogP contribution in [-0.2, 0) is 6.42 Å². The van der Waals surface area contributed by atoms with Crippen LogP contribution < -0.4 is 16.8 Å². The number of furan rings is 1. The number of thiocarbonyl (C=S) groups is 1. The Morgan fingerprint density at radius 1 is 1.32 bits per heavy atom. The molecule has 1 aromatic rings. The zero-order chi connectivity index (χ0) is 14.8. The van der Waals surface area contributed by atoms with Gasteiger partial charge in [0.1, 0.15) is 5.76 Å². The van der Waals surface area contributed by atoms with Gasteiger partial charge in [0.15, 0.2) is 5.11 Å². The molecule has 7 heteroatoms. The maximum atomic E-state index is 5.75. The minimum absolute atomic E-state index is 0. The molecule has 130 valence electrons. The molecular weight excluding hydrogens is 430 g/mol. The minimum Gasteiger partial charge on any atom is -0.469 e. The van der Waals surface area contributed by atoms with Gasteiger partial charge in [-0.25, -0.2) is 0 Å². The van der Waals surface area contributed by atoms with Crippen LogP contribution in [0.1, 0.15) is 44.8 Å². The van der Waals surface area contributed by atoms with Crippen LogP contribution in [0.5, 0.6) is 0 Å². The highest BCUT2D eigenvalue weighted by molar-refractivity contribution is 8.93. The van der Waals surface area contributed by atoms with Crippen molar-refractivity contribution >= 4 is 51.3 Å². The number of hydrogen-bond acceptors (Lipinski definition) is 3. The van der Waals surface area contributed by atoms with E-state index in [9.17, 15) is 0 Å². The summed E-state index contributed by atoms with van der Waals surface area (Å²) in [7, 11) is 0. The molecule has 0 aliphatic heterocycles. The number of nitrogens with two attached hydrogens (primary N) is 2. The lowest BCUT2D eigenvalue weighted by Crippen LogP contribution is -2.43. The van der Waals surface area contributed by atoms with Crippen molar-refractivity contribution in [3.05, 3.63) is 24.2 Å². The first-order chi connectivity index (χ1) is 9.65. The molecule has 1 unspecified atom stereocenters. The average molecular weight is 459 g/mol. The Morgan fingerprint density at radius 2 is 2.05 bits per heavy atom. The van der Waals surface area contributed by atoms with E-state index in [2.05, 4.69) is 12.2 Å². The number of hydrogen-bond donors (Lipinski definition) is 3.